The third-order valence-corrected chi connectivity index (χ3v) is 6.47. The van der Waals surface area contributed by atoms with E-state index < -0.39 is 8.07 Å². The Morgan fingerprint density at radius 1 is 1.40 bits per heavy atom. The van der Waals surface area contributed by atoms with E-state index in [2.05, 4.69) is 47.5 Å². The molecule has 0 aliphatic rings. The van der Waals surface area contributed by atoms with Crippen molar-refractivity contribution in [2.24, 2.45) is 5.73 Å². The van der Waals surface area contributed by atoms with Crippen LogP contribution >= 0.6 is 15.9 Å². The molecule has 0 saturated carbocycles. The summed E-state index contributed by atoms with van der Waals surface area (Å²) in [6.45, 7) is 11.9. The van der Waals surface area contributed by atoms with Gasteiger partial charge in [0.2, 0.25) is 0 Å². The summed E-state index contributed by atoms with van der Waals surface area (Å²) in [5, 5.41) is 0. The molecule has 0 aliphatic heterocycles. The maximum absolute atomic E-state index is 11.2. The van der Waals surface area contributed by atoms with E-state index in [1.54, 1.807) is 6.20 Å². The molecule has 25 heavy (non-hydrogen) atoms. The predicted octanol–water partition coefficient (Wildman–Crippen LogP) is 4.70. The molecule has 2 N–H and O–H groups in total. The number of rotatable bonds is 13. The summed E-state index contributed by atoms with van der Waals surface area (Å²) in [5.41, 5.74) is 6.32. The average Bonchev–Trinajstić information content (AvgIpc) is 2.91. The second-order valence-corrected chi connectivity index (χ2v) is 14.1. The summed E-state index contributed by atoms with van der Waals surface area (Å²) in [6, 6.07) is 1.03. The van der Waals surface area contributed by atoms with E-state index in [1.807, 2.05) is 4.57 Å². The Kier molecular flexibility index (Phi) is 10.0. The van der Waals surface area contributed by atoms with Gasteiger partial charge in [-0.15, -0.1) is 0 Å². The molecular formula is C18H33BrN3O2Si+. The number of unbranched alkanes of at least 4 members (excludes halogenated alkanes) is 2. The monoisotopic (exact) mass is 430 g/mol. The maximum Gasteiger partial charge on any atom is 0.176 e. The van der Waals surface area contributed by atoms with Crippen molar-refractivity contribution in [2.75, 3.05) is 6.61 Å². The van der Waals surface area contributed by atoms with Crippen LogP contribution in [0.25, 0.3) is 0 Å². The lowest BCUT2D eigenvalue weighted by atomic mass is 10.1. The Morgan fingerprint density at radius 3 is 2.76 bits per heavy atom. The minimum absolute atomic E-state index is 0.115. The van der Waals surface area contributed by atoms with Gasteiger partial charge >= 0.3 is 0 Å². The molecule has 5 nitrogen and oxygen atoms in total. The Balaban J connectivity index is 2.40. The van der Waals surface area contributed by atoms with Crippen LogP contribution in [0.1, 0.15) is 50.4 Å². The number of hydrogen-bond acceptors (Lipinski definition) is 4. The van der Waals surface area contributed by atoms with Crippen LogP contribution in [0.5, 0.6) is 0 Å². The molecule has 0 unspecified atom stereocenters. The normalized spacial score (nSPS) is 13.2. The lowest BCUT2D eigenvalue weighted by Crippen LogP contribution is -2.23. The number of imidazole rings is 1. The molecule has 0 aromatic carbocycles. The summed E-state index contributed by atoms with van der Waals surface area (Å²) in [5.74, 6) is 1.09. The number of nitrogens with zero attached hydrogens (tertiary/aromatic N) is 2. The molecule has 0 saturated heterocycles. The highest BCUT2D eigenvalue weighted by molar-refractivity contribution is 9.10. The van der Waals surface area contributed by atoms with Crippen molar-refractivity contribution in [1.29, 1.82) is 0 Å². The van der Waals surface area contributed by atoms with E-state index in [0.29, 0.717) is 19.6 Å². The molecule has 0 fully saturated rings. The highest BCUT2D eigenvalue weighted by atomic mass is 79.9. The molecule has 142 valence electrons. The topological polar surface area (TPSA) is 70.1 Å². The summed E-state index contributed by atoms with van der Waals surface area (Å²) in [6.07, 6.45) is 6.58. The van der Waals surface area contributed by atoms with Crippen LogP contribution in [-0.4, -0.2) is 30.0 Å². The van der Waals surface area contributed by atoms with Crippen LogP contribution in [0.3, 0.4) is 0 Å². The number of aromatic nitrogens is 2. The van der Waals surface area contributed by atoms with Gasteiger partial charge in [0.1, 0.15) is 23.6 Å². The fourth-order valence-corrected chi connectivity index (χ4v) is 3.59. The van der Waals surface area contributed by atoms with Gasteiger partial charge in [-0.1, -0.05) is 32.5 Å². The first-order chi connectivity index (χ1) is 11.7. The molecular weight excluding hydrogens is 398 g/mol. The number of hydrogen-bond donors (Lipinski definition) is 1. The molecule has 1 heterocycles. The van der Waals surface area contributed by atoms with Crippen LogP contribution in [-0.2, 0) is 16.3 Å². The Morgan fingerprint density at radius 2 is 2.12 bits per heavy atom. The van der Waals surface area contributed by atoms with E-state index in [9.17, 15) is 4.79 Å². The van der Waals surface area contributed by atoms with Crippen LogP contribution < -0.4 is 5.73 Å². The number of ether oxygens (including phenoxy) is 1. The summed E-state index contributed by atoms with van der Waals surface area (Å²) in [4.78, 5) is 15.7. The third kappa shape index (κ3) is 9.03. The van der Waals surface area contributed by atoms with Crippen molar-refractivity contribution in [2.45, 2.75) is 77.0 Å². The first-order valence-corrected chi connectivity index (χ1v) is 13.6. The lowest BCUT2D eigenvalue weighted by Gasteiger charge is -2.18. The number of nitrogens with two attached hydrogens (primary N) is 1. The van der Waals surface area contributed by atoms with Crippen LogP contribution in [0.15, 0.2) is 10.8 Å². The van der Waals surface area contributed by atoms with E-state index >= 15 is 0 Å². The van der Waals surface area contributed by atoms with Crippen LogP contribution in [0.4, 0.5) is 0 Å². The lowest BCUT2D eigenvalue weighted by molar-refractivity contribution is -0.118. The Bertz CT molecular complexity index is 529. The highest BCUT2D eigenvalue weighted by Crippen LogP contribution is 2.21. The molecule has 0 spiro atoms. The smallest absolute Gasteiger partial charge is 0.176 e. The van der Waals surface area contributed by atoms with Crippen molar-refractivity contribution < 1.29 is 9.53 Å². The number of carbonyl (C=O) groups excluding carboxylic acids is 1. The largest absolute Gasteiger partial charge is 0.361 e. The van der Waals surface area contributed by atoms with Crippen molar-refractivity contribution in [3.63, 3.8) is 0 Å². The van der Waals surface area contributed by atoms with Gasteiger partial charge in [-0.05, 0) is 34.8 Å². The molecule has 1 aromatic rings. The Hall–Kier alpha value is -0.633. The first-order valence-electron chi connectivity index (χ1n) is 9.10. The Labute approximate surface area is 161 Å². The first kappa shape index (κ1) is 22.4. The standard InChI is InChI=1S/C18H33BrN3O2Si/c1-5-15(23)9-7-6-8-10-16(20)18-21-13-17(19)22(18)14-24-11-12-25(2,3)4/h13,16H,1,5-12,14,20H2,2-4H3/q+1/t16-/m0/s1. The molecule has 1 rings (SSSR count). The van der Waals surface area contributed by atoms with E-state index in [1.165, 1.54) is 0 Å². The van der Waals surface area contributed by atoms with Gasteiger partial charge < -0.3 is 10.5 Å². The maximum atomic E-state index is 11.2. The average molecular weight is 431 g/mol. The van der Waals surface area contributed by atoms with Crippen molar-refractivity contribution in [1.82, 2.24) is 9.55 Å². The van der Waals surface area contributed by atoms with E-state index in [-0.39, 0.29) is 11.8 Å². The molecule has 0 radical (unpaired) electrons. The number of Topliss-reactive ketones (excluding diaryl/α,β-unsaturated/α-hetero) is 1. The SMILES string of the molecule is [CH2+]CC(=O)CCCCC[C@H](N)c1ncc(Br)n1COCC[Si](C)(C)C. The molecule has 1 aromatic heterocycles. The summed E-state index contributed by atoms with van der Waals surface area (Å²) in [7, 11) is -1.08. The second-order valence-electron chi connectivity index (χ2n) is 7.71. The fraction of sp³-hybridized carbons (Fsp3) is 0.722. The van der Waals surface area contributed by atoms with Gasteiger partial charge in [0, 0.05) is 21.1 Å². The summed E-state index contributed by atoms with van der Waals surface area (Å²) >= 11 is 3.52. The zero-order valence-electron chi connectivity index (χ0n) is 15.9. The van der Waals surface area contributed by atoms with E-state index in [4.69, 9.17) is 10.5 Å². The fourth-order valence-electron chi connectivity index (χ4n) is 2.44. The number of halogens is 1. The van der Waals surface area contributed by atoms with Gasteiger partial charge in [0.15, 0.2) is 5.78 Å². The van der Waals surface area contributed by atoms with Crippen LogP contribution in [0.2, 0.25) is 25.7 Å². The molecule has 1 atom stereocenters. The zero-order chi connectivity index (χ0) is 18.9. The van der Waals surface area contributed by atoms with Gasteiger partial charge in [0.05, 0.1) is 19.2 Å². The van der Waals surface area contributed by atoms with Crippen molar-refractivity contribution in [3.8, 4) is 0 Å². The van der Waals surface area contributed by atoms with Gasteiger partial charge in [-0.2, -0.15) is 0 Å². The second kappa shape index (κ2) is 11.2. The van der Waals surface area contributed by atoms with Gasteiger partial charge in [0.25, 0.3) is 0 Å². The zero-order valence-corrected chi connectivity index (χ0v) is 18.5. The summed E-state index contributed by atoms with van der Waals surface area (Å²) < 4.78 is 8.73. The minimum Gasteiger partial charge on any atom is -0.361 e. The number of carbonyl (C=O) groups is 1. The van der Waals surface area contributed by atoms with Gasteiger partial charge in [-0.3, -0.25) is 9.36 Å². The number of ketones is 1. The predicted molar refractivity (Wildman–Crippen MR) is 109 cm³/mol. The minimum atomic E-state index is -1.08. The molecule has 0 bridgehead atoms. The van der Waals surface area contributed by atoms with Crippen molar-refractivity contribution >= 4 is 29.8 Å². The van der Waals surface area contributed by atoms with Crippen molar-refractivity contribution in [3.05, 3.63) is 23.5 Å². The van der Waals surface area contributed by atoms with Crippen LogP contribution in [0, 0.1) is 6.92 Å². The van der Waals surface area contributed by atoms with Gasteiger partial charge in [-0.25, -0.2) is 4.98 Å². The molecule has 0 aliphatic carbocycles. The van der Waals surface area contributed by atoms with E-state index in [0.717, 1.165) is 48.8 Å². The molecule has 0 amide bonds. The molecule has 7 heteroatoms. The third-order valence-electron chi connectivity index (χ3n) is 4.14. The quantitative estimate of drug-likeness (QED) is 0.279. The highest BCUT2D eigenvalue weighted by Gasteiger charge is 2.16.